The highest BCUT2D eigenvalue weighted by Crippen LogP contribution is 2.22. The highest BCUT2D eigenvalue weighted by Gasteiger charge is 2.19. The Kier molecular flexibility index (Phi) is 7.46. The summed E-state index contributed by atoms with van der Waals surface area (Å²) >= 11 is 2.10. The normalized spacial score (nSPS) is 14.1. The van der Waals surface area contributed by atoms with Crippen molar-refractivity contribution < 1.29 is 9.50 Å². The van der Waals surface area contributed by atoms with Gasteiger partial charge in [0.25, 0.3) is 0 Å². The molecule has 0 bridgehead atoms. The Morgan fingerprint density at radius 2 is 2.12 bits per heavy atom. The number of hydrogen-bond donors (Lipinski definition) is 2. The van der Waals surface area contributed by atoms with Crippen LogP contribution in [0.25, 0.3) is 0 Å². The van der Waals surface area contributed by atoms with E-state index in [1.54, 1.807) is 12.1 Å². The highest BCUT2D eigenvalue weighted by molar-refractivity contribution is 14.1. The van der Waals surface area contributed by atoms with Gasteiger partial charge in [-0.15, -0.1) is 12.4 Å². The Morgan fingerprint density at radius 1 is 1.50 bits per heavy atom. The second-order valence-electron chi connectivity index (χ2n) is 3.55. The smallest absolute Gasteiger partial charge is 0.128 e. The van der Waals surface area contributed by atoms with E-state index in [1.807, 2.05) is 6.92 Å². The molecule has 0 aliphatic heterocycles. The minimum absolute atomic E-state index is 0. The van der Waals surface area contributed by atoms with Crippen LogP contribution in [0.15, 0.2) is 18.2 Å². The van der Waals surface area contributed by atoms with E-state index in [0.717, 1.165) is 9.99 Å². The van der Waals surface area contributed by atoms with Gasteiger partial charge in [0, 0.05) is 9.13 Å². The molecule has 0 spiro atoms. The monoisotopic (exact) mass is 359 g/mol. The van der Waals surface area contributed by atoms with E-state index in [4.69, 9.17) is 5.73 Å². The Morgan fingerprint density at radius 3 is 2.69 bits per heavy atom. The lowest BCUT2D eigenvalue weighted by atomic mass is 9.99. The lowest BCUT2D eigenvalue weighted by Gasteiger charge is -2.19. The quantitative estimate of drug-likeness (QED) is 0.812. The van der Waals surface area contributed by atoms with Crippen molar-refractivity contribution in [2.45, 2.75) is 31.9 Å². The van der Waals surface area contributed by atoms with E-state index in [9.17, 15) is 9.50 Å². The highest BCUT2D eigenvalue weighted by atomic mass is 127. The lowest BCUT2D eigenvalue weighted by molar-refractivity contribution is 0.133. The number of aliphatic hydroxyl groups excluding tert-OH is 1. The molecule has 5 heteroatoms. The number of halogens is 3. The van der Waals surface area contributed by atoms with Gasteiger partial charge in [-0.1, -0.05) is 13.3 Å². The molecular weight excluding hydrogens is 343 g/mol. The Balaban J connectivity index is 0.00000225. The fourth-order valence-electron chi connectivity index (χ4n) is 1.45. The molecule has 1 rings (SSSR count). The summed E-state index contributed by atoms with van der Waals surface area (Å²) in [7, 11) is 0. The average molecular weight is 360 g/mol. The van der Waals surface area contributed by atoms with Crippen LogP contribution < -0.4 is 5.73 Å². The molecule has 0 heterocycles. The van der Waals surface area contributed by atoms with Crippen molar-refractivity contribution in [3.63, 3.8) is 0 Å². The molecule has 0 amide bonds. The zero-order valence-corrected chi connectivity index (χ0v) is 12.0. The van der Waals surface area contributed by atoms with Gasteiger partial charge < -0.3 is 10.8 Å². The molecule has 2 atom stereocenters. The van der Waals surface area contributed by atoms with Gasteiger partial charge in [0.1, 0.15) is 5.82 Å². The first kappa shape index (κ1) is 16.1. The van der Waals surface area contributed by atoms with E-state index in [-0.39, 0.29) is 18.2 Å². The van der Waals surface area contributed by atoms with Gasteiger partial charge in [-0.05, 0) is 47.2 Å². The van der Waals surface area contributed by atoms with Crippen molar-refractivity contribution in [2.75, 3.05) is 0 Å². The van der Waals surface area contributed by atoms with Crippen molar-refractivity contribution in [2.24, 2.45) is 5.73 Å². The first-order valence-corrected chi connectivity index (χ1v) is 6.02. The molecule has 0 aromatic heterocycles. The molecule has 0 unspecified atom stereocenters. The minimum Gasteiger partial charge on any atom is -0.391 e. The van der Waals surface area contributed by atoms with Gasteiger partial charge in [-0.3, -0.25) is 0 Å². The fraction of sp³-hybridized carbons (Fsp3) is 0.455. The second-order valence-corrected chi connectivity index (χ2v) is 4.79. The minimum atomic E-state index is -0.678. The zero-order valence-electron chi connectivity index (χ0n) is 8.99. The number of benzene rings is 1. The third-order valence-electron chi connectivity index (χ3n) is 2.32. The van der Waals surface area contributed by atoms with E-state index in [0.29, 0.717) is 12.0 Å². The summed E-state index contributed by atoms with van der Waals surface area (Å²) in [6.07, 6.45) is 0.745. The van der Waals surface area contributed by atoms with E-state index in [2.05, 4.69) is 22.6 Å². The van der Waals surface area contributed by atoms with Gasteiger partial charge in [0.2, 0.25) is 0 Å². The van der Waals surface area contributed by atoms with Crippen LogP contribution in [0.5, 0.6) is 0 Å². The maximum absolute atomic E-state index is 13.4. The summed E-state index contributed by atoms with van der Waals surface area (Å²) in [5, 5.41) is 9.69. The van der Waals surface area contributed by atoms with Gasteiger partial charge in [0.05, 0.1) is 12.1 Å². The molecule has 0 fully saturated rings. The topological polar surface area (TPSA) is 46.2 Å². The molecule has 92 valence electrons. The summed E-state index contributed by atoms with van der Waals surface area (Å²) in [5.41, 5.74) is 6.19. The second kappa shape index (κ2) is 7.42. The molecule has 3 N–H and O–H groups in total. The molecule has 0 saturated carbocycles. The van der Waals surface area contributed by atoms with Crippen molar-refractivity contribution >= 4 is 35.0 Å². The molecule has 16 heavy (non-hydrogen) atoms. The molecule has 0 saturated heterocycles. The molecule has 0 radical (unpaired) electrons. The summed E-state index contributed by atoms with van der Waals surface area (Å²) in [6.45, 7) is 1.96. The van der Waals surface area contributed by atoms with Crippen molar-refractivity contribution in [1.29, 1.82) is 0 Å². The van der Waals surface area contributed by atoms with Crippen LogP contribution in [0.1, 0.15) is 31.4 Å². The Hall–Kier alpha value is 0.0900. The van der Waals surface area contributed by atoms with Gasteiger partial charge in [-0.2, -0.15) is 0 Å². The molecular formula is C11H16ClFINO. The van der Waals surface area contributed by atoms with Crippen LogP contribution in [-0.2, 0) is 0 Å². The van der Waals surface area contributed by atoms with E-state index in [1.165, 1.54) is 6.07 Å². The first-order valence-electron chi connectivity index (χ1n) is 4.94. The standard InChI is InChI=1S/C11H15FINO.ClH/c1-2-3-10(15)11(14)8-6-7(13)4-5-9(8)12;/h4-6,10-11,15H,2-3,14H2,1H3;1H/t10-,11+;/m1./s1. The molecule has 1 aromatic carbocycles. The van der Waals surface area contributed by atoms with Crippen LogP contribution in [-0.4, -0.2) is 11.2 Å². The first-order chi connectivity index (χ1) is 7.06. The molecule has 0 aliphatic carbocycles. The summed E-state index contributed by atoms with van der Waals surface area (Å²) in [5.74, 6) is -0.349. The van der Waals surface area contributed by atoms with Crippen LogP contribution in [0.2, 0.25) is 0 Å². The van der Waals surface area contributed by atoms with Gasteiger partial charge in [0.15, 0.2) is 0 Å². The summed E-state index contributed by atoms with van der Waals surface area (Å²) in [4.78, 5) is 0. The van der Waals surface area contributed by atoms with Gasteiger partial charge in [-0.25, -0.2) is 4.39 Å². The maximum Gasteiger partial charge on any atom is 0.128 e. The number of hydrogen-bond acceptors (Lipinski definition) is 2. The van der Waals surface area contributed by atoms with Crippen LogP contribution in [0, 0.1) is 9.39 Å². The van der Waals surface area contributed by atoms with Crippen LogP contribution >= 0.6 is 35.0 Å². The third-order valence-corrected chi connectivity index (χ3v) is 2.99. The van der Waals surface area contributed by atoms with E-state index < -0.39 is 12.1 Å². The largest absolute Gasteiger partial charge is 0.391 e. The summed E-state index contributed by atoms with van der Waals surface area (Å²) < 4.78 is 14.3. The average Bonchev–Trinajstić information content (AvgIpc) is 2.21. The number of rotatable bonds is 4. The predicted molar refractivity (Wildman–Crippen MR) is 74.2 cm³/mol. The van der Waals surface area contributed by atoms with Crippen molar-refractivity contribution in [1.82, 2.24) is 0 Å². The molecule has 0 aliphatic rings. The number of aliphatic hydroxyl groups is 1. The Labute approximate surface area is 115 Å². The molecule has 2 nitrogen and oxygen atoms in total. The third kappa shape index (κ3) is 4.16. The maximum atomic E-state index is 13.4. The van der Waals surface area contributed by atoms with Crippen LogP contribution in [0.4, 0.5) is 4.39 Å². The fourth-order valence-corrected chi connectivity index (χ4v) is 1.97. The zero-order chi connectivity index (χ0) is 11.4. The van der Waals surface area contributed by atoms with Gasteiger partial charge >= 0.3 is 0 Å². The predicted octanol–water partition coefficient (Wildman–Crippen LogP) is 3.01. The van der Waals surface area contributed by atoms with E-state index >= 15 is 0 Å². The lowest BCUT2D eigenvalue weighted by Crippen LogP contribution is -2.27. The molecule has 1 aromatic rings. The van der Waals surface area contributed by atoms with Crippen LogP contribution in [0.3, 0.4) is 0 Å². The van der Waals surface area contributed by atoms with Crippen molar-refractivity contribution in [3.05, 3.63) is 33.1 Å². The Bertz CT molecular complexity index is 338. The number of nitrogens with two attached hydrogens (primary N) is 1. The SMILES string of the molecule is CCC[C@@H](O)[C@@H](N)c1cc(I)ccc1F.Cl. The van der Waals surface area contributed by atoms with Crippen molar-refractivity contribution in [3.8, 4) is 0 Å². The summed E-state index contributed by atoms with van der Waals surface area (Å²) in [6, 6.07) is 4.10.